The Bertz CT molecular complexity index is 2700. The van der Waals surface area contributed by atoms with Gasteiger partial charge in [0.2, 0.25) is 0 Å². The second kappa shape index (κ2) is 13.8. The van der Waals surface area contributed by atoms with Gasteiger partial charge in [0.1, 0.15) is 0 Å². The molecule has 6 aromatic carbocycles. The minimum atomic E-state index is -2.88. The topological polar surface area (TPSA) is 31.0 Å². The van der Waals surface area contributed by atoms with Gasteiger partial charge in [-0.05, 0) is 5.56 Å². The standard InChI is InChI=1S/C50H52GeN2O/c1-32(2)42-29-38(51(8,9)37-25-22-34(23-26-37)31-50(5,6)7)30-43(33(3)4)47(42)53-45-21-14-13-20-44(45)52-49(53)41-19-15-18-40-39-27-24-36(28-46(39)54-48(40)41)35-16-11-10-12-17-35/h10-30,32-33H,31H2,1-9H3/i31D2. The van der Waals surface area contributed by atoms with Crippen LogP contribution in [0.15, 0.2) is 132 Å². The second-order valence-electron chi connectivity index (χ2n) is 17.0. The zero-order valence-electron chi connectivity index (χ0n) is 35.1. The quantitative estimate of drug-likeness (QED) is 0.144. The molecule has 2 aromatic heterocycles. The number of para-hydroxylation sites is 3. The summed E-state index contributed by atoms with van der Waals surface area (Å²) < 4.78 is 29.8. The van der Waals surface area contributed by atoms with E-state index >= 15 is 0 Å². The average Bonchev–Trinajstić information content (AvgIpc) is 3.75. The van der Waals surface area contributed by atoms with E-state index in [1.807, 2.05) is 39.0 Å². The fraction of sp³-hybridized carbons (Fsp3) is 0.260. The number of rotatable bonds is 8. The summed E-state index contributed by atoms with van der Waals surface area (Å²) in [5.41, 5.74) is 11.0. The van der Waals surface area contributed by atoms with E-state index in [1.54, 1.807) is 0 Å². The summed E-state index contributed by atoms with van der Waals surface area (Å²) in [6.07, 6.45) is -1.43. The number of fused-ring (bicyclic) bond motifs is 4. The van der Waals surface area contributed by atoms with E-state index < -0.39 is 25.1 Å². The molecule has 0 unspecified atom stereocenters. The number of benzene rings is 6. The molecule has 8 aromatic rings. The van der Waals surface area contributed by atoms with Gasteiger partial charge in [-0.3, -0.25) is 0 Å². The van der Waals surface area contributed by atoms with E-state index in [0.717, 1.165) is 61.1 Å². The molecular weight excluding hydrogens is 717 g/mol. The summed E-state index contributed by atoms with van der Waals surface area (Å²) in [4.78, 5) is 5.39. The molecule has 272 valence electrons. The van der Waals surface area contributed by atoms with Crippen molar-refractivity contribution in [1.29, 1.82) is 0 Å². The van der Waals surface area contributed by atoms with E-state index in [4.69, 9.17) is 12.1 Å². The van der Waals surface area contributed by atoms with Gasteiger partial charge in [0.05, 0.1) is 0 Å². The predicted octanol–water partition coefficient (Wildman–Crippen LogP) is 12.9. The molecule has 54 heavy (non-hydrogen) atoms. The third-order valence-corrected chi connectivity index (χ3v) is 18.3. The maximum absolute atomic E-state index is 8.87. The molecule has 8 rings (SSSR count). The van der Waals surface area contributed by atoms with Crippen molar-refractivity contribution >= 4 is 55.0 Å². The van der Waals surface area contributed by atoms with E-state index in [2.05, 4.69) is 153 Å². The second-order valence-corrected chi connectivity index (χ2v) is 26.3. The Balaban J connectivity index is 1.33. The number of nitrogens with zero attached hydrogens (tertiary/aromatic N) is 2. The molecule has 0 amide bonds. The molecule has 0 aliphatic rings. The SMILES string of the molecule is [2H]C([2H])(c1cc[c]([Ge]([CH3])([CH3])[c]2cc(C(C)C)c(-n3c(-c4cccc5c4oc4cc(-c6ccccc6)ccc45)nc4ccccc43)c(C(C)C)c2)cc1)C(C)(C)C. The minimum absolute atomic E-state index is 0.245. The van der Waals surface area contributed by atoms with Crippen molar-refractivity contribution in [3.63, 3.8) is 0 Å². The Labute approximate surface area is 326 Å². The normalized spacial score (nSPS) is 13.4. The van der Waals surface area contributed by atoms with Gasteiger partial charge >= 0.3 is 292 Å². The summed E-state index contributed by atoms with van der Waals surface area (Å²) in [5.74, 6) is 6.31. The van der Waals surface area contributed by atoms with Crippen LogP contribution in [0.25, 0.3) is 61.2 Å². The van der Waals surface area contributed by atoms with Gasteiger partial charge in [-0.15, -0.1) is 0 Å². The molecule has 0 saturated carbocycles. The summed E-state index contributed by atoms with van der Waals surface area (Å²) >= 11 is -2.88. The first-order valence-electron chi connectivity index (χ1n) is 20.4. The number of hydrogen-bond acceptors (Lipinski definition) is 2. The Morgan fingerprint density at radius 2 is 1.35 bits per heavy atom. The van der Waals surface area contributed by atoms with E-state index in [0.29, 0.717) is 0 Å². The maximum atomic E-state index is 8.87. The van der Waals surface area contributed by atoms with Crippen LogP contribution < -0.4 is 8.79 Å². The first-order chi connectivity index (χ1) is 26.6. The zero-order valence-corrected chi connectivity index (χ0v) is 35.2. The first-order valence-corrected chi connectivity index (χ1v) is 25.7. The molecule has 3 nitrogen and oxygen atoms in total. The van der Waals surface area contributed by atoms with E-state index in [1.165, 1.54) is 25.6 Å². The molecule has 4 heteroatoms. The Kier molecular flexibility index (Phi) is 8.59. The van der Waals surface area contributed by atoms with Crippen LogP contribution in [0.1, 0.15) is 79.7 Å². The number of aromatic nitrogens is 2. The van der Waals surface area contributed by atoms with Crippen molar-refractivity contribution in [3.8, 4) is 28.2 Å². The molecule has 0 N–H and O–H groups in total. The molecule has 0 fully saturated rings. The Morgan fingerprint density at radius 3 is 2.02 bits per heavy atom. The van der Waals surface area contributed by atoms with Crippen LogP contribution in [0.3, 0.4) is 0 Å². The summed E-state index contributed by atoms with van der Waals surface area (Å²) in [7, 11) is 0. The van der Waals surface area contributed by atoms with Gasteiger partial charge in [0.25, 0.3) is 0 Å². The van der Waals surface area contributed by atoms with Gasteiger partial charge in [-0.25, -0.2) is 0 Å². The van der Waals surface area contributed by atoms with Crippen LogP contribution in [0.4, 0.5) is 0 Å². The zero-order chi connectivity index (χ0) is 39.7. The Hall–Kier alpha value is -4.87. The molecule has 0 spiro atoms. The molecule has 2 heterocycles. The van der Waals surface area contributed by atoms with E-state index in [9.17, 15) is 0 Å². The van der Waals surface area contributed by atoms with Crippen molar-refractivity contribution in [2.24, 2.45) is 5.41 Å². The molecule has 0 bridgehead atoms. The van der Waals surface area contributed by atoms with Crippen LogP contribution in [0.5, 0.6) is 0 Å². The third kappa shape index (κ3) is 6.51. The van der Waals surface area contributed by atoms with Gasteiger partial charge in [-0.1, -0.05) is 30.3 Å². The first kappa shape index (κ1) is 33.7. The predicted molar refractivity (Wildman–Crippen MR) is 234 cm³/mol. The molecule has 0 radical (unpaired) electrons. The van der Waals surface area contributed by atoms with Crippen LogP contribution in [-0.4, -0.2) is 22.8 Å². The van der Waals surface area contributed by atoms with Gasteiger partial charge in [0, 0.05) is 0 Å². The molecule has 0 saturated heterocycles. The number of furan rings is 1. The number of hydrogen-bond donors (Lipinski definition) is 0. The summed E-state index contributed by atoms with van der Waals surface area (Å²) in [6, 6.07) is 45.4. The van der Waals surface area contributed by atoms with E-state index in [-0.39, 0.29) is 11.8 Å². The van der Waals surface area contributed by atoms with Crippen LogP contribution >= 0.6 is 0 Å². The van der Waals surface area contributed by atoms with Crippen molar-refractivity contribution in [1.82, 2.24) is 9.55 Å². The molecule has 0 aliphatic heterocycles. The summed E-state index contributed by atoms with van der Waals surface area (Å²) in [5, 5.41) is 2.17. The van der Waals surface area contributed by atoms with Gasteiger partial charge < -0.3 is 0 Å². The monoisotopic (exact) mass is 772 g/mol. The number of imidazole rings is 1. The molecule has 0 aliphatic carbocycles. The van der Waals surface area contributed by atoms with Crippen molar-refractivity contribution in [3.05, 3.63) is 144 Å². The van der Waals surface area contributed by atoms with Gasteiger partial charge in [0.15, 0.2) is 0 Å². The van der Waals surface area contributed by atoms with Crippen LogP contribution in [0.2, 0.25) is 11.5 Å². The van der Waals surface area contributed by atoms with Gasteiger partial charge in [-0.2, -0.15) is 0 Å². The fourth-order valence-corrected chi connectivity index (χ4v) is 12.9. The molecule has 0 atom stereocenters. The van der Waals surface area contributed by atoms with Crippen molar-refractivity contribution in [2.45, 2.75) is 78.2 Å². The average molecular weight is 772 g/mol. The Morgan fingerprint density at radius 1 is 0.685 bits per heavy atom. The van der Waals surface area contributed by atoms with Crippen molar-refractivity contribution in [2.75, 3.05) is 0 Å². The van der Waals surface area contributed by atoms with Crippen LogP contribution in [0, 0.1) is 5.41 Å². The third-order valence-electron chi connectivity index (χ3n) is 10.9. The van der Waals surface area contributed by atoms with Crippen molar-refractivity contribution < 1.29 is 7.16 Å². The molecular formula is C50H52GeN2O. The van der Waals surface area contributed by atoms with Crippen LogP contribution in [-0.2, 0) is 6.37 Å². The summed E-state index contributed by atoms with van der Waals surface area (Å²) in [6.45, 7) is 15.1. The fourth-order valence-electron chi connectivity index (χ4n) is 7.97.